The summed E-state index contributed by atoms with van der Waals surface area (Å²) >= 11 is 4.54. The number of aryl methyl sites for hydroxylation is 6. The summed E-state index contributed by atoms with van der Waals surface area (Å²) in [6.45, 7) is 7.62. The molecule has 3 aliphatic rings. The largest absolute Gasteiger partial charge is 0.381 e. The molecule has 28 heteroatoms. The maximum Gasteiger partial charge on any atom is 0.217 e. The highest BCUT2D eigenvalue weighted by Crippen LogP contribution is 2.34. The summed E-state index contributed by atoms with van der Waals surface area (Å²) in [5.41, 5.74) is 11.8. The van der Waals surface area contributed by atoms with Crippen molar-refractivity contribution in [3.05, 3.63) is 141 Å². The van der Waals surface area contributed by atoms with Gasteiger partial charge < -0.3 is 44.4 Å². The van der Waals surface area contributed by atoms with Crippen LogP contribution in [0.1, 0.15) is 133 Å². The van der Waals surface area contributed by atoms with Gasteiger partial charge in [-0.15, -0.1) is 0 Å². The van der Waals surface area contributed by atoms with Gasteiger partial charge in [-0.3, -0.25) is 18.8 Å². The molecular formula is C67H82N22O3S3. The van der Waals surface area contributed by atoms with Crippen molar-refractivity contribution in [3.63, 3.8) is 0 Å². The molecule has 25 nitrogen and oxygen atoms in total. The van der Waals surface area contributed by atoms with E-state index in [1.165, 1.54) is 44.4 Å². The Morgan fingerprint density at radius 3 is 1.03 bits per heavy atom. The Kier molecular flexibility index (Phi) is 19.8. The van der Waals surface area contributed by atoms with E-state index in [4.69, 9.17) is 39.4 Å². The lowest BCUT2D eigenvalue weighted by Gasteiger charge is -2.30. The van der Waals surface area contributed by atoms with Crippen molar-refractivity contribution in [1.29, 1.82) is 0 Å². The Labute approximate surface area is 563 Å². The van der Waals surface area contributed by atoms with Gasteiger partial charge in [0.1, 0.15) is 34.0 Å². The topological polar surface area (TPSA) is 268 Å². The van der Waals surface area contributed by atoms with E-state index < -0.39 is 0 Å². The molecule has 0 spiro atoms. The van der Waals surface area contributed by atoms with Crippen molar-refractivity contribution in [1.82, 2.24) is 91.4 Å². The van der Waals surface area contributed by atoms with E-state index in [0.717, 1.165) is 184 Å². The molecule has 12 aromatic heterocycles. The van der Waals surface area contributed by atoms with Gasteiger partial charge in [-0.25, -0.2) is 29.9 Å². The molecular weight excluding hydrogens is 1260 g/mol. The number of aromatic nitrogens is 18. The molecule has 3 fully saturated rings. The summed E-state index contributed by atoms with van der Waals surface area (Å²) in [6, 6.07) is 13.8. The van der Waals surface area contributed by atoms with Crippen LogP contribution in [0.2, 0.25) is 0 Å². The van der Waals surface area contributed by atoms with Gasteiger partial charge in [-0.2, -0.15) is 28.4 Å². The van der Waals surface area contributed by atoms with Crippen LogP contribution in [0, 0.1) is 20.8 Å². The second-order valence-electron chi connectivity index (χ2n) is 25.3. The second kappa shape index (κ2) is 29.0. The molecule has 12 aromatic rings. The van der Waals surface area contributed by atoms with Crippen LogP contribution in [0.25, 0.3) is 50.2 Å². The number of rotatable bonds is 18. The van der Waals surface area contributed by atoms with Crippen LogP contribution in [0.5, 0.6) is 0 Å². The molecule has 95 heavy (non-hydrogen) atoms. The number of hydrogen-bond acceptors (Lipinski definition) is 21. The zero-order chi connectivity index (χ0) is 65.7. The van der Waals surface area contributed by atoms with E-state index in [1.54, 1.807) is 25.8 Å². The fourth-order valence-corrected chi connectivity index (χ4v) is 15.4. The molecule has 0 atom stereocenters. The van der Waals surface area contributed by atoms with Crippen molar-refractivity contribution in [2.75, 3.05) is 30.2 Å². The molecule has 0 saturated heterocycles. The molecule has 496 valence electrons. The Balaban J connectivity index is 0.000000129. The number of carbonyl (C=O) groups excluding carboxylic acids is 1. The number of fused-ring (bicyclic) bond motifs is 3. The van der Waals surface area contributed by atoms with Crippen molar-refractivity contribution in [2.24, 2.45) is 21.1 Å². The highest BCUT2D eigenvalue weighted by Gasteiger charge is 2.28. The third-order valence-electron chi connectivity index (χ3n) is 17.8. The third-order valence-corrected chi connectivity index (χ3v) is 20.5. The normalized spacial score (nSPS) is 19.0. The number of hydrogen-bond donors (Lipinski definition) is 4. The van der Waals surface area contributed by atoms with Crippen LogP contribution in [-0.2, 0) is 54.7 Å². The summed E-state index contributed by atoms with van der Waals surface area (Å²) in [5, 5.41) is 27.2. The third kappa shape index (κ3) is 15.6. The average Bonchev–Trinajstić information content (AvgIpc) is 1.69. The Morgan fingerprint density at radius 1 is 0.463 bits per heavy atom. The lowest BCUT2D eigenvalue weighted by Crippen LogP contribution is -2.39. The first-order valence-electron chi connectivity index (χ1n) is 32.6. The maximum absolute atomic E-state index is 11.4. The molecule has 4 N–H and O–H groups in total. The molecule has 15 rings (SSSR count). The van der Waals surface area contributed by atoms with Crippen LogP contribution in [0.15, 0.2) is 92.2 Å². The van der Waals surface area contributed by atoms with E-state index in [1.807, 2.05) is 113 Å². The van der Waals surface area contributed by atoms with Gasteiger partial charge in [0.15, 0.2) is 17.5 Å². The Bertz CT molecular complexity index is 4370. The minimum Gasteiger partial charge on any atom is -0.381 e. The van der Waals surface area contributed by atoms with E-state index >= 15 is 0 Å². The van der Waals surface area contributed by atoms with Crippen molar-refractivity contribution < 1.29 is 14.3 Å². The number of nitrogens with one attached hydrogen (secondary N) is 4. The molecule has 0 bridgehead atoms. The van der Waals surface area contributed by atoms with Crippen molar-refractivity contribution in [2.45, 2.75) is 160 Å². The van der Waals surface area contributed by atoms with Crippen LogP contribution < -0.4 is 21.3 Å². The molecule has 0 radical (unpaired) electrons. The van der Waals surface area contributed by atoms with Gasteiger partial charge >= 0.3 is 0 Å². The van der Waals surface area contributed by atoms with E-state index in [0.29, 0.717) is 49.6 Å². The van der Waals surface area contributed by atoms with E-state index in [9.17, 15) is 4.79 Å². The van der Waals surface area contributed by atoms with Crippen LogP contribution in [0.3, 0.4) is 0 Å². The van der Waals surface area contributed by atoms with Crippen molar-refractivity contribution >= 4 is 91.1 Å². The number of anilines is 3. The summed E-state index contributed by atoms with van der Waals surface area (Å²) in [6.07, 6.45) is 32.9. The quantitative estimate of drug-likeness (QED) is 0.0622. The zero-order valence-electron chi connectivity index (χ0n) is 55.2. The van der Waals surface area contributed by atoms with Gasteiger partial charge in [0.05, 0.1) is 81.5 Å². The van der Waals surface area contributed by atoms with Crippen LogP contribution in [-0.4, -0.2) is 143 Å². The average molecular weight is 1340 g/mol. The lowest BCUT2D eigenvalue weighted by molar-refractivity contribution is -0.119. The SMILES string of the molecule is CC(=O)NC1CCC(Nc2nc(Cc3cc(C)ns3)nc3ccn(-c4cnn(C)c4)c23)CC1.COC1CCC(Nc2nc(Cc3cc(C)ns3)nc3ccn(-c4cnn(C)c4)c23)CC1.COC1CCC(Nc2nc(Cc3cc(C)ns3)nc3ccn(-c4cnn(C)c4)c23)CC1. The maximum atomic E-state index is 11.4. The molecule has 3 aliphatic carbocycles. The summed E-state index contributed by atoms with van der Waals surface area (Å²) in [5.74, 6) is 5.06. The van der Waals surface area contributed by atoms with E-state index in [2.05, 4.69) is 93.7 Å². The number of carbonyl (C=O) groups is 1. The minimum absolute atomic E-state index is 0.0427. The zero-order valence-corrected chi connectivity index (χ0v) is 57.7. The van der Waals surface area contributed by atoms with Crippen molar-refractivity contribution in [3.8, 4) is 17.1 Å². The van der Waals surface area contributed by atoms with Gasteiger partial charge in [0.2, 0.25) is 5.91 Å². The molecule has 0 unspecified atom stereocenters. The lowest BCUT2D eigenvalue weighted by atomic mass is 9.91. The summed E-state index contributed by atoms with van der Waals surface area (Å²) in [4.78, 5) is 44.5. The number of methoxy groups -OCH3 is 2. The first kappa shape index (κ1) is 64.9. The monoisotopic (exact) mass is 1340 g/mol. The summed E-state index contributed by atoms with van der Waals surface area (Å²) < 4.78 is 36.0. The Morgan fingerprint density at radius 2 is 0.768 bits per heavy atom. The molecule has 3 saturated carbocycles. The second-order valence-corrected chi connectivity index (χ2v) is 27.9. The first-order valence-corrected chi connectivity index (χ1v) is 34.9. The fourth-order valence-electron chi connectivity index (χ4n) is 13.2. The molecule has 1 amide bonds. The predicted octanol–water partition coefficient (Wildman–Crippen LogP) is 11.1. The van der Waals surface area contributed by atoms with Gasteiger partial charge in [-0.1, -0.05) is 0 Å². The predicted molar refractivity (Wildman–Crippen MR) is 373 cm³/mol. The highest BCUT2D eigenvalue weighted by molar-refractivity contribution is 7.06. The number of nitrogens with zero attached hydrogens (tertiary/aromatic N) is 18. The van der Waals surface area contributed by atoms with E-state index in [-0.39, 0.29) is 11.9 Å². The van der Waals surface area contributed by atoms with Crippen LogP contribution >= 0.6 is 34.6 Å². The van der Waals surface area contributed by atoms with Gasteiger partial charge in [-0.05, 0) is 169 Å². The van der Waals surface area contributed by atoms with Gasteiger partial charge in [0, 0.05) is 138 Å². The standard InChI is InChI=1S/C23H28N8OS.2C22H27N7OS/c1-14-10-19(33-29-14)11-21-27-20-8-9-31(18-12-24-30(3)13-18)22(20)23(28-21)26-17-6-4-16(5-7-17)25-15(2)32;2*1-14-10-18(31-27-14)11-20-25-19-8-9-29(16-12-23-28(2)13-16)21(19)22(26-20)24-15-4-6-17(30-3)7-5-15/h8-10,12-13,16-17H,4-7,11H2,1-3H3,(H,25,32)(H,26,27,28);2*8-10,12-13,15,17H,4-7,11H2,1-3H3,(H,24,25,26). The summed E-state index contributed by atoms with van der Waals surface area (Å²) in [7, 11) is 9.37. The highest BCUT2D eigenvalue weighted by atomic mass is 32.1. The van der Waals surface area contributed by atoms with Crippen LogP contribution in [0.4, 0.5) is 17.5 Å². The first-order chi connectivity index (χ1) is 46.1. The fraction of sp³-hybridized carbons (Fsp3) is 0.448. The smallest absolute Gasteiger partial charge is 0.217 e. The van der Waals surface area contributed by atoms with Gasteiger partial charge in [0.25, 0.3) is 0 Å². The minimum atomic E-state index is 0.0427. The number of amides is 1. The number of ether oxygens (including phenoxy) is 2. The Hall–Kier alpha value is -8.83. The molecule has 0 aliphatic heterocycles. The molecule has 0 aromatic carbocycles. The molecule has 12 heterocycles.